The summed E-state index contributed by atoms with van der Waals surface area (Å²) in [5, 5.41) is 4.56. The fourth-order valence-electron chi connectivity index (χ4n) is 4.93. The molecule has 0 saturated carbocycles. The second kappa shape index (κ2) is 13.0. The number of hydrogen-bond acceptors (Lipinski definition) is 4. The lowest BCUT2D eigenvalue weighted by Crippen LogP contribution is -2.54. The molecule has 0 saturated heterocycles. The normalized spacial score (nSPS) is 12.2. The van der Waals surface area contributed by atoms with Crippen LogP contribution < -0.4 is 9.62 Å². The van der Waals surface area contributed by atoms with Crippen LogP contribution in [0.25, 0.3) is 10.8 Å². The Morgan fingerprint density at radius 2 is 1.46 bits per heavy atom. The highest BCUT2D eigenvalue weighted by atomic mass is 32.2. The summed E-state index contributed by atoms with van der Waals surface area (Å²) < 4.78 is 27.5. The maximum Gasteiger partial charge on any atom is 0.244 e. The zero-order chi connectivity index (χ0) is 29.6. The number of carbonyl (C=O) groups is 2. The Morgan fingerprint density at radius 3 is 2.15 bits per heavy atom. The van der Waals surface area contributed by atoms with Crippen LogP contribution in [0.15, 0.2) is 97.1 Å². The Hall–Kier alpha value is -4.17. The molecule has 0 aliphatic heterocycles. The predicted octanol–water partition coefficient (Wildman–Crippen LogP) is 5.08. The molecule has 0 heterocycles. The number of amides is 2. The topological polar surface area (TPSA) is 86.8 Å². The van der Waals surface area contributed by atoms with Gasteiger partial charge >= 0.3 is 0 Å². The molecule has 1 atom stereocenters. The molecule has 4 rings (SSSR count). The summed E-state index contributed by atoms with van der Waals surface area (Å²) in [5.41, 5.74) is 3.17. The molecule has 0 aliphatic carbocycles. The lowest BCUT2D eigenvalue weighted by Gasteiger charge is -2.34. The zero-order valence-corrected chi connectivity index (χ0v) is 24.8. The molecular formula is C33H37N3O4S. The van der Waals surface area contributed by atoms with E-state index in [9.17, 15) is 18.0 Å². The van der Waals surface area contributed by atoms with Gasteiger partial charge in [-0.2, -0.15) is 0 Å². The van der Waals surface area contributed by atoms with E-state index in [0.717, 1.165) is 38.0 Å². The third-order valence-electron chi connectivity index (χ3n) is 7.02. The van der Waals surface area contributed by atoms with Crippen molar-refractivity contribution >= 4 is 38.3 Å². The van der Waals surface area contributed by atoms with Gasteiger partial charge in [-0.3, -0.25) is 13.9 Å². The second-order valence-electron chi connectivity index (χ2n) is 10.6. The van der Waals surface area contributed by atoms with Crippen molar-refractivity contribution in [1.29, 1.82) is 0 Å². The van der Waals surface area contributed by atoms with Crippen molar-refractivity contribution in [2.24, 2.45) is 0 Å². The van der Waals surface area contributed by atoms with Gasteiger partial charge in [-0.05, 0) is 48.9 Å². The van der Waals surface area contributed by atoms with Crippen molar-refractivity contribution in [3.05, 3.63) is 114 Å². The van der Waals surface area contributed by atoms with Crippen molar-refractivity contribution in [3.63, 3.8) is 0 Å². The van der Waals surface area contributed by atoms with Gasteiger partial charge in [0.25, 0.3) is 0 Å². The molecule has 2 amide bonds. The quantitative estimate of drug-likeness (QED) is 0.272. The first-order chi connectivity index (χ1) is 19.5. The maximum atomic E-state index is 14.3. The molecule has 0 unspecified atom stereocenters. The summed E-state index contributed by atoms with van der Waals surface area (Å²) in [5.74, 6) is -0.756. The van der Waals surface area contributed by atoms with Crippen LogP contribution in [0, 0.1) is 6.92 Å². The Kier molecular flexibility index (Phi) is 9.45. The van der Waals surface area contributed by atoms with E-state index in [1.807, 2.05) is 106 Å². The predicted molar refractivity (Wildman–Crippen MR) is 165 cm³/mol. The van der Waals surface area contributed by atoms with E-state index >= 15 is 0 Å². The molecule has 214 valence electrons. The van der Waals surface area contributed by atoms with Crippen LogP contribution in [0.1, 0.15) is 30.5 Å². The lowest BCUT2D eigenvalue weighted by atomic mass is 10.0. The average molecular weight is 572 g/mol. The third kappa shape index (κ3) is 7.52. The highest BCUT2D eigenvalue weighted by Gasteiger charge is 2.33. The van der Waals surface area contributed by atoms with E-state index in [-0.39, 0.29) is 24.9 Å². The molecule has 8 heteroatoms. The minimum atomic E-state index is -3.86. The van der Waals surface area contributed by atoms with Crippen molar-refractivity contribution in [2.75, 3.05) is 17.1 Å². The van der Waals surface area contributed by atoms with Crippen molar-refractivity contribution in [2.45, 2.75) is 45.8 Å². The average Bonchev–Trinajstić information content (AvgIpc) is 2.93. The van der Waals surface area contributed by atoms with Gasteiger partial charge in [0.05, 0.1) is 11.9 Å². The summed E-state index contributed by atoms with van der Waals surface area (Å²) in [4.78, 5) is 29.5. The Morgan fingerprint density at radius 1 is 0.829 bits per heavy atom. The smallest absolute Gasteiger partial charge is 0.244 e. The molecule has 41 heavy (non-hydrogen) atoms. The van der Waals surface area contributed by atoms with E-state index in [2.05, 4.69) is 5.32 Å². The number of hydrogen-bond donors (Lipinski definition) is 1. The largest absolute Gasteiger partial charge is 0.352 e. The van der Waals surface area contributed by atoms with Crippen molar-refractivity contribution in [3.8, 4) is 0 Å². The molecule has 0 bridgehead atoms. The van der Waals surface area contributed by atoms with Crippen molar-refractivity contribution in [1.82, 2.24) is 10.2 Å². The van der Waals surface area contributed by atoms with Gasteiger partial charge in [0.1, 0.15) is 12.6 Å². The summed E-state index contributed by atoms with van der Waals surface area (Å²) in [6, 6.07) is 29.1. The minimum absolute atomic E-state index is 0.139. The van der Waals surface area contributed by atoms with E-state index < -0.39 is 28.5 Å². The van der Waals surface area contributed by atoms with E-state index in [1.54, 1.807) is 12.1 Å². The summed E-state index contributed by atoms with van der Waals surface area (Å²) in [6.07, 6.45) is 1.38. The number of nitrogens with zero attached hydrogens (tertiary/aromatic N) is 2. The zero-order valence-electron chi connectivity index (χ0n) is 23.9. The van der Waals surface area contributed by atoms with Gasteiger partial charge in [0.15, 0.2) is 0 Å². The molecule has 0 aromatic heterocycles. The highest BCUT2D eigenvalue weighted by molar-refractivity contribution is 7.92. The first-order valence-corrected chi connectivity index (χ1v) is 15.5. The van der Waals surface area contributed by atoms with Crippen LogP contribution in [-0.2, 0) is 32.6 Å². The monoisotopic (exact) mass is 571 g/mol. The molecule has 0 fully saturated rings. The fourth-order valence-corrected chi connectivity index (χ4v) is 5.79. The second-order valence-corrected chi connectivity index (χ2v) is 12.5. The Labute approximate surface area is 242 Å². The van der Waals surface area contributed by atoms with Gasteiger partial charge in [-0.15, -0.1) is 0 Å². The number of rotatable bonds is 11. The molecule has 0 radical (unpaired) electrons. The number of sulfonamides is 1. The van der Waals surface area contributed by atoms with Crippen LogP contribution in [0.5, 0.6) is 0 Å². The summed E-state index contributed by atoms with van der Waals surface area (Å²) in [6.45, 7) is 5.41. The van der Waals surface area contributed by atoms with Crippen LogP contribution in [0.4, 0.5) is 5.69 Å². The Balaban J connectivity index is 1.79. The molecule has 0 spiro atoms. The third-order valence-corrected chi connectivity index (χ3v) is 8.14. The van der Waals surface area contributed by atoms with Crippen LogP contribution in [0.2, 0.25) is 0 Å². The standard InChI is InChI=1S/C33H37N3O4S/c1-24(2)34-33(38)31(21-26-14-6-5-7-15-26)35(22-28-17-9-8-13-25(28)3)32(37)23-36(41(4,39)40)30-20-12-18-27-16-10-11-19-29(27)30/h5-20,24,31H,21-23H2,1-4H3,(H,34,38)/t31-/m1/s1. The molecule has 0 aliphatic rings. The number of carbonyl (C=O) groups excluding carboxylic acids is 2. The van der Waals surface area contributed by atoms with Gasteiger partial charge in [-0.1, -0.05) is 91.0 Å². The number of aryl methyl sites for hydroxylation is 1. The minimum Gasteiger partial charge on any atom is -0.352 e. The van der Waals surface area contributed by atoms with E-state index in [0.29, 0.717) is 5.69 Å². The van der Waals surface area contributed by atoms with Gasteiger partial charge < -0.3 is 10.2 Å². The maximum absolute atomic E-state index is 14.3. The summed E-state index contributed by atoms with van der Waals surface area (Å²) >= 11 is 0. The fraction of sp³-hybridized carbons (Fsp3) is 0.273. The first kappa shape index (κ1) is 29.8. The highest BCUT2D eigenvalue weighted by Crippen LogP contribution is 2.29. The molecule has 7 nitrogen and oxygen atoms in total. The molecule has 4 aromatic rings. The van der Waals surface area contributed by atoms with Crippen LogP contribution in [-0.4, -0.2) is 50.0 Å². The number of fused-ring (bicyclic) bond motifs is 1. The van der Waals surface area contributed by atoms with Crippen LogP contribution >= 0.6 is 0 Å². The lowest BCUT2D eigenvalue weighted by molar-refractivity contribution is -0.140. The van der Waals surface area contributed by atoms with Gasteiger partial charge in [-0.25, -0.2) is 8.42 Å². The van der Waals surface area contributed by atoms with Crippen molar-refractivity contribution < 1.29 is 18.0 Å². The molecular weight excluding hydrogens is 534 g/mol. The Bertz CT molecular complexity index is 1610. The number of nitrogens with one attached hydrogen (secondary N) is 1. The first-order valence-electron chi connectivity index (χ1n) is 13.7. The van der Waals surface area contributed by atoms with Crippen LogP contribution in [0.3, 0.4) is 0 Å². The van der Waals surface area contributed by atoms with E-state index in [1.165, 1.54) is 4.90 Å². The van der Waals surface area contributed by atoms with Gasteiger partial charge in [0.2, 0.25) is 21.8 Å². The molecule has 4 aromatic carbocycles. The van der Waals surface area contributed by atoms with E-state index in [4.69, 9.17) is 0 Å². The van der Waals surface area contributed by atoms with Gasteiger partial charge in [0, 0.05) is 24.4 Å². The molecule has 1 N–H and O–H groups in total. The SMILES string of the molecule is Cc1ccccc1CN(C(=O)CN(c1cccc2ccccc12)S(C)(=O)=O)[C@H](Cc1ccccc1)C(=O)NC(C)C. The summed E-state index contributed by atoms with van der Waals surface area (Å²) in [7, 11) is -3.86. The number of benzene rings is 4. The number of anilines is 1.